The van der Waals surface area contributed by atoms with Crippen molar-refractivity contribution in [1.82, 2.24) is 4.98 Å². The highest BCUT2D eigenvalue weighted by Gasteiger charge is 2.33. The molecule has 1 atom stereocenters. The van der Waals surface area contributed by atoms with E-state index < -0.39 is 23.5 Å². The van der Waals surface area contributed by atoms with Crippen LogP contribution in [0, 0.1) is 0 Å². The highest BCUT2D eigenvalue weighted by atomic mass is 19.4. The monoisotopic (exact) mass is 374 g/mol. The molecule has 7 heteroatoms. The fourth-order valence-corrected chi connectivity index (χ4v) is 3.59. The first-order chi connectivity index (χ1) is 12.8. The number of hydrogen-bond donors (Lipinski definition) is 2. The van der Waals surface area contributed by atoms with Gasteiger partial charge in [-0.1, -0.05) is 24.3 Å². The van der Waals surface area contributed by atoms with E-state index in [1.165, 1.54) is 18.2 Å². The molecule has 2 heterocycles. The summed E-state index contributed by atoms with van der Waals surface area (Å²) in [6.45, 7) is 0.696. The number of aromatic nitrogens is 1. The van der Waals surface area contributed by atoms with Crippen molar-refractivity contribution in [2.75, 3.05) is 11.4 Å². The van der Waals surface area contributed by atoms with Gasteiger partial charge in [-0.15, -0.1) is 0 Å². The zero-order chi connectivity index (χ0) is 19.2. The van der Waals surface area contributed by atoms with Crippen LogP contribution in [0.1, 0.15) is 18.4 Å². The highest BCUT2D eigenvalue weighted by molar-refractivity contribution is 5.88. The zero-order valence-electron chi connectivity index (χ0n) is 14.3. The molecule has 3 aromatic rings. The van der Waals surface area contributed by atoms with Crippen molar-refractivity contribution >= 4 is 16.5 Å². The van der Waals surface area contributed by atoms with Crippen LogP contribution in [0.4, 0.5) is 18.9 Å². The molecule has 0 aliphatic carbocycles. The SMILES string of the molecule is O=c1[nH]c(-c2ccccc2C(F)(F)F)cc2ccc(N3CCCC3O)cc12. The van der Waals surface area contributed by atoms with Gasteiger partial charge in [0.05, 0.1) is 5.56 Å². The van der Waals surface area contributed by atoms with Crippen LogP contribution < -0.4 is 10.5 Å². The van der Waals surface area contributed by atoms with E-state index in [0.29, 0.717) is 23.7 Å². The molecular weight excluding hydrogens is 357 g/mol. The number of nitrogens with zero attached hydrogens (tertiary/aromatic N) is 1. The first-order valence-corrected chi connectivity index (χ1v) is 8.63. The number of pyridine rings is 1. The van der Waals surface area contributed by atoms with Crippen molar-refractivity contribution in [2.45, 2.75) is 25.2 Å². The molecule has 1 unspecified atom stereocenters. The van der Waals surface area contributed by atoms with E-state index in [9.17, 15) is 23.1 Å². The van der Waals surface area contributed by atoms with Gasteiger partial charge in [0.15, 0.2) is 0 Å². The molecule has 1 fully saturated rings. The Kier molecular flexibility index (Phi) is 4.19. The van der Waals surface area contributed by atoms with Crippen molar-refractivity contribution < 1.29 is 18.3 Å². The van der Waals surface area contributed by atoms with Gasteiger partial charge in [0.1, 0.15) is 6.23 Å². The summed E-state index contributed by atoms with van der Waals surface area (Å²) in [5, 5.41) is 10.9. The van der Waals surface area contributed by atoms with Gasteiger partial charge in [-0.3, -0.25) is 4.79 Å². The summed E-state index contributed by atoms with van der Waals surface area (Å²) in [6, 6.07) is 11.8. The minimum atomic E-state index is -4.52. The van der Waals surface area contributed by atoms with E-state index in [2.05, 4.69) is 4.98 Å². The Balaban J connectivity index is 1.83. The standard InChI is InChI=1S/C20H17F3N2O2/c21-20(22,23)16-5-2-1-4-14(16)17-10-12-7-8-13(11-15(12)19(27)24-17)25-9-3-6-18(25)26/h1-2,4-5,7-8,10-11,18,26H,3,6,9H2,(H,24,27). The summed E-state index contributed by atoms with van der Waals surface area (Å²) >= 11 is 0. The van der Waals surface area contributed by atoms with Gasteiger partial charge in [-0.05, 0) is 42.5 Å². The average molecular weight is 374 g/mol. The molecular formula is C20H17F3N2O2. The number of benzene rings is 2. The van der Waals surface area contributed by atoms with Gasteiger partial charge in [0, 0.05) is 28.9 Å². The van der Waals surface area contributed by atoms with Crippen molar-refractivity contribution in [3.8, 4) is 11.3 Å². The van der Waals surface area contributed by atoms with Crippen LogP contribution >= 0.6 is 0 Å². The minimum Gasteiger partial charge on any atom is -0.374 e. The zero-order valence-corrected chi connectivity index (χ0v) is 14.3. The van der Waals surface area contributed by atoms with Gasteiger partial charge >= 0.3 is 6.18 Å². The van der Waals surface area contributed by atoms with Crippen molar-refractivity contribution in [1.29, 1.82) is 0 Å². The smallest absolute Gasteiger partial charge is 0.374 e. The Hall–Kier alpha value is -2.80. The van der Waals surface area contributed by atoms with E-state index in [1.54, 1.807) is 24.3 Å². The lowest BCUT2D eigenvalue weighted by molar-refractivity contribution is -0.137. The second-order valence-corrected chi connectivity index (χ2v) is 6.64. The third-order valence-corrected chi connectivity index (χ3v) is 4.90. The Morgan fingerprint density at radius 2 is 1.89 bits per heavy atom. The van der Waals surface area contributed by atoms with Crippen LogP contribution in [-0.4, -0.2) is 22.9 Å². The number of H-pyrrole nitrogens is 1. The Morgan fingerprint density at radius 1 is 1.11 bits per heavy atom. The maximum Gasteiger partial charge on any atom is 0.417 e. The predicted molar refractivity (Wildman–Crippen MR) is 97.6 cm³/mol. The molecule has 2 N–H and O–H groups in total. The number of anilines is 1. The Bertz CT molecular complexity index is 1060. The minimum absolute atomic E-state index is 0.0666. The van der Waals surface area contributed by atoms with E-state index in [0.717, 1.165) is 18.2 Å². The van der Waals surface area contributed by atoms with Gasteiger partial charge in [0.2, 0.25) is 0 Å². The molecule has 1 aliphatic rings. The third-order valence-electron chi connectivity index (χ3n) is 4.90. The van der Waals surface area contributed by atoms with Crippen molar-refractivity contribution in [2.24, 2.45) is 0 Å². The van der Waals surface area contributed by atoms with Crippen LogP contribution in [0.2, 0.25) is 0 Å². The first kappa shape index (κ1) is 17.6. The molecule has 0 bridgehead atoms. The second-order valence-electron chi connectivity index (χ2n) is 6.64. The van der Waals surface area contributed by atoms with E-state index in [1.807, 2.05) is 4.90 Å². The summed E-state index contributed by atoms with van der Waals surface area (Å²) in [6.07, 6.45) is -3.57. The molecule has 27 heavy (non-hydrogen) atoms. The molecule has 1 saturated heterocycles. The highest BCUT2D eigenvalue weighted by Crippen LogP contribution is 2.36. The predicted octanol–water partition coefficient (Wildman–Crippen LogP) is 4.13. The van der Waals surface area contributed by atoms with Gasteiger partial charge in [-0.25, -0.2) is 0 Å². The summed E-state index contributed by atoms with van der Waals surface area (Å²) in [5.41, 5.74) is -0.481. The second kappa shape index (κ2) is 6.42. The van der Waals surface area contributed by atoms with E-state index in [4.69, 9.17) is 0 Å². The molecule has 0 amide bonds. The summed E-state index contributed by atoms with van der Waals surface area (Å²) < 4.78 is 39.9. The lowest BCUT2D eigenvalue weighted by Crippen LogP contribution is -2.28. The molecule has 4 nitrogen and oxygen atoms in total. The molecule has 0 saturated carbocycles. The van der Waals surface area contributed by atoms with Gasteiger partial charge in [0.25, 0.3) is 5.56 Å². The number of alkyl halides is 3. The molecule has 0 radical (unpaired) electrons. The average Bonchev–Trinajstić information content (AvgIpc) is 3.07. The van der Waals surface area contributed by atoms with Gasteiger partial charge in [-0.2, -0.15) is 13.2 Å². The molecule has 140 valence electrons. The number of hydrogen-bond acceptors (Lipinski definition) is 3. The number of rotatable bonds is 2. The number of aromatic amines is 1. The quantitative estimate of drug-likeness (QED) is 0.709. The van der Waals surface area contributed by atoms with Crippen LogP contribution in [0.3, 0.4) is 0 Å². The normalized spacial score (nSPS) is 17.6. The van der Waals surface area contributed by atoms with Crippen LogP contribution in [-0.2, 0) is 6.18 Å². The largest absolute Gasteiger partial charge is 0.417 e. The fourth-order valence-electron chi connectivity index (χ4n) is 3.59. The van der Waals surface area contributed by atoms with Crippen LogP contribution in [0.5, 0.6) is 0 Å². The number of nitrogens with one attached hydrogen (secondary N) is 1. The van der Waals surface area contributed by atoms with E-state index in [-0.39, 0.29) is 11.3 Å². The molecule has 1 aliphatic heterocycles. The molecule has 4 rings (SSSR count). The Morgan fingerprint density at radius 3 is 2.59 bits per heavy atom. The van der Waals surface area contributed by atoms with Crippen molar-refractivity contribution in [3.63, 3.8) is 0 Å². The van der Waals surface area contributed by atoms with Crippen molar-refractivity contribution in [3.05, 3.63) is 64.4 Å². The van der Waals surface area contributed by atoms with Crippen LogP contribution in [0.15, 0.2) is 53.3 Å². The maximum atomic E-state index is 13.3. The number of aliphatic hydroxyl groups is 1. The Labute approximate surface area is 152 Å². The summed E-state index contributed by atoms with van der Waals surface area (Å²) in [5.74, 6) is 0. The number of aliphatic hydroxyl groups excluding tert-OH is 1. The number of fused-ring (bicyclic) bond motifs is 1. The first-order valence-electron chi connectivity index (χ1n) is 8.63. The lowest BCUT2D eigenvalue weighted by atomic mass is 10.0. The molecule has 2 aromatic carbocycles. The summed E-state index contributed by atoms with van der Waals surface area (Å²) in [7, 11) is 0. The fraction of sp³-hybridized carbons (Fsp3) is 0.250. The lowest BCUT2D eigenvalue weighted by Gasteiger charge is -2.22. The number of halogens is 3. The molecule has 0 spiro atoms. The van der Waals surface area contributed by atoms with Gasteiger partial charge < -0.3 is 15.0 Å². The maximum absolute atomic E-state index is 13.3. The topological polar surface area (TPSA) is 56.3 Å². The molecule has 1 aromatic heterocycles. The van der Waals surface area contributed by atoms with Crippen LogP contribution in [0.25, 0.3) is 22.0 Å². The summed E-state index contributed by atoms with van der Waals surface area (Å²) in [4.78, 5) is 16.9. The third kappa shape index (κ3) is 3.19. The van der Waals surface area contributed by atoms with E-state index >= 15 is 0 Å².